The summed E-state index contributed by atoms with van der Waals surface area (Å²) in [5, 5.41) is 19.6. The number of hydrogen-bond donors (Lipinski definition) is 5. The van der Waals surface area contributed by atoms with Crippen LogP contribution in [0.15, 0.2) is 55.4 Å². The van der Waals surface area contributed by atoms with E-state index in [0.717, 1.165) is 37.1 Å². The van der Waals surface area contributed by atoms with Gasteiger partial charge < -0.3 is 40.1 Å². The third kappa shape index (κ3) is 14.3. The molecule has 2 aliphatic rings. The Kier molecular flexibility index (Phi) is 17.3. The number of aliphatic hydroxyl groups is 1. The number of aliphatic hydroxyl groups excluding tert-OH is 1. The van der Waals surface area contributed by atoms with E-state index < -0.39 is 65.8 Å². The molecule has 1 saturated carbocycles. The number of nitrogens with one attached hydrogen (secondary N) is 4. The van der Waals surface area contributed by atoms with Crippen LogP contribution in [-0.4, -0.2) is 126 Å². The lowest BCUT2D eigenvalue weighted by atomic mass is 9.83. The van der Waals surface area contributed by atoms with E-state index >= 15 is 0 Å². The van der Waals surface area contributed by atoms with Crippen LogP contribution in [-0.2, 0) is 43.1 Å². The van der Waals surface area contributed by atoms with Gasteiger partial charge in [-0.2, -0.15) is 0 Å². The molecule has 3 heterocycles. The maximum Gasteiger partial charge on any atom is 0.429 e. The second-order valence-electron chi connectivity index (χ2n) is 18.1. The molecular weight excluding hydrogens is 795 g/mol. The SMILES string of the molecule is CC(C)CCC(O)C(CC1CCCCC1)NC(=O)[C@H](Cc1c[nH]cn1)N(C)C(=O)C(Cc1ccccc1)OC(=O)N1CCCN1C(=O)[C@H](Cc1c[nH]cn1)NC(=O)OC(C)(C)C. The fourth-order valence-electron chi connectivity index (χ4n) is 8.13. The lowest BCUT2D eigenvalue weighted by molar-refractivity contribution is -0.150. The number of aromatic nitrogens is 4. The number of benzene rings is 1. The first kappa shape index (κ1) is 47.6. The molecule has 1 aromatic carbocycles. The molecule has 0 bridgehead atoms. The van der Waals surface area contributed by atoms with Gasteiger partial charge in [0, 0.05) is 51.8 Å². The molecule has 3 aromatic rings. The first-order valence-corrected chi connectivity index (χ1v) is 22.1. The smallest absolute Gasteiger partial charge is 0.429 e. The van der Waals surface area contributed by atoms with Gasteiger partial charge in [0.1, 0.15) is 17.7 Å². The molecule has 5 atom stereocenters. The van der Waals surface area contributed by atoms with Gasteiger partial charge in [0.05, 0.1) is 36.2 Å². The van der Waals surface area contributed by atoms with Crippen molar-refractivity contribution in [3.8, 4) is 0 Å². The molecule has 5 N–H and O–H groups in total. The summed E-state index contributed by atoms with van der Waals surface area (Å²) in [4.78, 5) is 86.2. The molecular formula is C45H67N9O8. The van der Waals surface area contributed by atoms with Crippen molar-refractivity contribution < 1.29 is 38.6 Å². The summed E-state index contributed by atoms with van der Waals surface area (Å²) in [6.45, 7) is 9.58. The van der Waals surface area contributed by atoms with Crippen molar-refractivity contribution in [1.29, 1.82) is 0 Å². The fourth-order valence-corrected chi connectivity index (χ4v) is 8.13. The molecule has 1 aliphatic carbocycles. The Hall–Kier alpha value is -5.45. The second-order valence-corrected chi connectivity index (χ2v) is 18.1. The van der Waals surface area contributed by atoms with Gasteiger partial charge in [-0.15, -0.1) is 0 Å². The number of imidazole rings is 2. The summed E-state index contributed by atoms with van der Waals surface area (Å²) in [7, 11) is 1.50. The zero-order valence-corrected chi connectivity index (χ0v) is 37.2. The minimum atomic E-state index is -1.41. The zero-order valence-electron chi connectivity index (χ0n) is 37.2. The molecule has 1 aliphatic heterocycles. The number of alkyl carbamates (subject to hydrolysis) is 1. The van der Waals surface area contributed by atoms with Crippen LogP contribution in [0, 0.1) is 11.8 Å². The van der Waals surface area contributed by atoms with Crippen LogP contribution in [0.5, 0.6) is 0 Å². The van der Waals surface area contributed by atoms with Gasteiger partial charge in [0.25, 0.3) is 11.8 Å². The van der Waals surface area contributed by atoms with Crippen molar-refractivity contribution in [2.75, 3.05) is 20.1 Å². The zero-order chi connectivity index (χ0) is 44.8. The van der Waals surface area contributed by atoms with Crippen molar-refractivity contribution in [2.45, 2.75) is 148 Å². The highest BCUT2D eigenvalue weighted by atomic mass is 16.6. The normalized spacial score (nSPS) is 17.2. The van der Waals surface area contributed by atoms with Gasteiger partial charge in [-0.1, -0.05) is 76.3 Å². The summed E-state index contributed by atoms with van der Waals surface area (Å²) in [6, 6.07) is 6.32. The molecule has 0 spiro atoms. The quantitative estimate of drug-likeness (QED) is 0.108. The number of nitrogens with zero attached hydrogens (tertiary/aromatic N) is 5. The van der Waals surface area contributed by atoms with E-state index in [1.807, 2.05) is 30.3 Å². The maximum atomic E-state index is 14.7. The highest BCUT2D eigenvalue weighted by Gasteiger charge is 2.41. The Morgan fingerprint density at radius 1 is 0.871 bits per heavy atom. The number of carbonyl (C=O) groups is 5. The number of ether oxygens (including phenoxy) is 2. The lowest BCUT2D eigenvalue weighted by Crippen LogP contribution is -2.57. The average Bonchev–Trinajstić information content (AvgIpc) is 4.05. The number of hydrogen-bond acceptors (Lipinski definition) is 10. The third-order valence-electron chi connectivity index (χ3n) is 11.5. The molecule has 5 amide bonds. The summed E-state index contributed by atoms with van der Waals surface area (Å²) in [5.74, 6) is -0.936. The number of H-pyrrole nitrogens is 2. The Morgan fingerprint density at radius 2 is 1.52 bits per heavy atom. The Balaban J connectivity index is 1.38. The van der Waals surface area contributed by atoms with Crippen molar-refractivity contribution in [3.63, 3.8) is 0 Å². The standard InChI is InChI=1S/C45H67N9O8/c1-30(2)18-19-38(55)35(22-31-14-9-7-10-15-31)50-40(56)37(25-34-27-47-29-49-34)52(6)42(58)39(23-32-16-11-8-12-17-32)61-44(60)54-21-13-20-53(54)41(57)36(24-33-26-46-28-48-33)51-43(59)62-45(3,4)5/h8,11-12,16-17,26-31,35-39,55H,7,9-10,13-15,18-25H2,1-6H3,(H,46,48)(H,47,49)(H,50,56)(H,51,59)/t35?,36-,37-,38?,39?/m0/s1. The molecule has 1 saturated heterocycles. The van der Waals surface area contributed by atoms with E-state index in [2.05, 4.69) is 44.4 Å². The van der Waals surface area contributed by atoms with Crippen LogP contribution < -0.4 is 10.6 Å². The van der Waals surface area contributed by atoms with Gasteiger partial charge in [-0.25, -0.2) is 29.6 Å². The molecule has 0 radical (unpaired) electrons. The van der Waals surface area contributed by atoms with Crippen LogP contribution in [0.3, 0.4) is 0 Å². The van der Waals surface area contributed by atoms with Gasteiger partial charge in [0.2, 0.25) is 5.91 Å². The molecule has 17 heteroatoms. The topological polar surface area (TPSA) is 215 Å². The minimum Gasteiger partial charge on any atom is -0.444 e. The van der Waals surface area contributed by atoms with E-state index in [1.165, 1.54) is 36.0 Å². The largest absolute Gasteiger partial charge is 0.444 e. The van der Waals surface area contributed by atoms with E-state index in [1.54, 1.807) is 33.2 Å². The van der Waals surface area contributed by atoms with E-state index in [0.29, 0.717) is 48.0 Å². The number of aromatic amines is 2. The Labute approximate surface area is 365 Å². The Bertz CT molecular complexity index is 1860. The summed E-state index contributed by atoms with van der Waals surface area (Å²) in [6.07, 6.45) is 10.2. The number of rotatable bonds is 19. The molecule has 62 heavy (non-hydrogen) atoms. The third-order valence-corrected chi connectivity index (χ3v) is 11.5. The number of amides is 5. The lowest BCUT2D eigenvalue weighted by Gasteiger charge is -2.35. The fraction of sp³-hybridized carbons (Fsp3) is 0.622. The second kappa shape index (κ2) is 22.6. The monoisotopic (exact) mass is 862 g/mol. The first-order valence-electron chi connectivity index (χ1n) is 22.1. The van der Waals surface area contributed by atoms with Crippen molar-refractivity contribution in [3.05, 3.63) is 72.3 Å². The van der Waals surface area contributed by atoms with Crippen molar-refractivity contribution >= 4 is 29.9 Å². The molecule has 2 fully saturated rings. The molecule has 17 nitrogen and oxygen atoms in total. The van der Waals surface area contributed by atoms with E-state index in [4.69, 9.17) is 9.47 Å². The van der Waals surface area contributed by atoms with Crippen LogP contribution in [0.4, 0.5) is 9.59 Å². The van der Waals surface area contributed by atoms with Gasteiger partial charge in [0.15, 0.2) is 6.10 Å². The van der Waals surface area contributed by atoms with Crippen LogP contribution in [0.2, 0.25) is 0 Å². The number of hydrazine groups is 1. The van der Waals surface area contributed by atoms with Gasteiger partial charge in [-0.3, -0.25) is 14.4 Å². The molecule has 5 rings (SSSR count). The number of carbonyl (C=O) groups excluding carboxylic acids is 5. The first-order chi connectivity index (χ1) is 29.6. The predicted molar refractivity (Wildman–Crippen MR) is 231 cm³/mol. The summed E-state index contributed by atoms with van der Waals surface area (Å²) < 4.78 is 11.5. The predicted octanol–water partition coefficient (Wildman–Crippen LogP) is 5.09. The minimum absolute atomic E-state index is 0.0105. The Morgan fingerprint density at radius 3 is 2.13 bits per heavy atom. The van der Waals surface area contributed by atoms with Gasteiger partial charge >= 0.3 is 12.2 Å². The summed E-state index contributed by atoms with van der Waals surface area (Å²) in [5.41, 5.74) is 0.921. The molecule has 3 unspecified atom stereocenters. The highest BCUT2D eigenvalue weighted by molar-refractivity contribution is 5.91. The van der Waals surface area contributed by atoms with Crippen LogP contribution >= 0.6 is 0 Å². The molecule has 340 valence electrons. The van der Waals surface area contributed by atoms with E-state index in [9.17, 15) is 29.1 Å². The molecule has 2 aromatic heterocycles. The maximum absolute atomic E-state index is 14.7. The average molecular weight is 862 g/mol. The van der Waals surface area contributed by atoms with Crippen molar-refractivity contribution in [2.24, 2.45) is 11.8 Å². The van der Waals surface area contributed by atoms with E-state index in [-0.39, 0.29) is 32.4 Å². The highest BCUT2D eigenvalue weighted by Crippen LogP contribution is 2.29. The van der Waals surface area contributed by atoms with Crippen LogP contribution in [0.25, 0.3) is 0 Å². The van der Waals surface area contributed by atoms with Crippen LogP contribution in [0.1, 0.15) is 109 Å². The van der Waals surface area contributed by atoms with Gasteiger partial charge in [-0.05, 0) is 63.9 Å². The number of likely N-dealkylation sites (N-methyl/N-ethyl adjacent to an activating group) is 1. The summed E-state index contributed by atoms with van der Waals surface area (Å²) >= 11 is 0. The van der Waals surface area contributed by atoms with Crippen molar-refractivity contribution in [1.82, 2.24) is 45.5 Å².